The van der Waals surface area contributed by atoms with Crippen LogP contribution < -0.4 is 0 Å². The number of aliphatic hydroxyl groups excluding tert-OH is 1. The number of hydrogen-bond donors (Lipinski definition) is 1. The first-order chi connectivity index (χ1) is 13.7. The monoisotopic (exact) mass is 382 g/mol. The lowest BCUT2D eigenvalue weighted by molar-refractivity contribution is 0.0837. The Morgan fingerprint density at radius 1 is 1.07 bits per heavy atom. The molecule has 1 heterocycles. The Bertz CT molecular complexity index is 851. The molecule has 148 valence electrons. The van der Waals surface area contributed by atoms with Crippen molar-refractivity contribution in [2.45, 2.75) is 19.2 Å². The zero-order chi connectivity index (χ0) is 19.8. The number of halogens is 1. The number of benzene rings is 2. The molecule has 0 saturated heterocycles. The van der Waals surface area contributed by atoms with E-state index in [-0.39, 0.29) is 5.82 Å². The number of ether oxygens (including phenoxy) is 1. The molecule has 0 saturated carbocycles. The maximum Gasteiger partial charge on any atom is 0.123 e. The summed E-state index contributed by atoms with van der Waals surface area (Å²) in [6.45, 7) is 3.10. The minimum absolute atomic E-state index is 0.223. The zero-order valence-electron chi connectivity index (χ0n) is 16.2. The second-order valence-electron chi connectivity index (χ2n) is 6.91. The van der Waals surface area contributed by atoms with Crippen LogP contribution in [0.4, 0.5) is 4.39 Å². The summed E-state index contributed by atoms with van der Waals surface area (Å²) in [4.78, 5) is 2.18. The van der Waals surface area contributed by atoms with Gasteiger partial charge >= 0.3 is 0 Å². The summed E-state index contributed by atoms with van der Waals surface area (Å²) in [6, 6.07) is 20.4. The number of hydrogen-bond acceptors (Lipinski definition) is 3. The molecule has 0 bridgehead atoms. The molecule has 4 nitrogen and oxygen atoms in total. The molecule has 1 aromatic heterocycles. The van der Waals surface area contributed by atoms with Gasteiger partial charge in [-0.2, -0.15) is 0 Å². The van der Waals surface area contributed by atoms with E-state index in [4.69, 9.17) is 4.74 Å². The summed E-state index contributed by atoms with van der Waals surface area (Å²) in [6.07, 6.45) is 1.44. The van der Waals surface area contributed by atoms with Crippen LogP contribution in [0.15, 0.2) is 72.9 Å². The number of nitrogens with zero attached hydrogens (tertiary/aromatic N) is 2. The smallest absolute Gasteiger partial charge is 0.123 e. The van der Waals surface area contributed by atoms with E-state index < -0.39 is 6.10 Å². The van der Waals surface area contributed by atoms with Crippen molar-refractivity contribution in [3.05, 3.63) is 95.6 Å². The van der Waals surface area contributed by atoms with Crippen molar-refractivity contribution in [2.24, 2.45) is 0 Å². The molecule has 0 aliphatic carbocycles. The first-order valence-corrected chi connectivity index (χ1v) is 9.48. The summed E-state index contributed by atoms with van der Waals surface area (Å²) < 4.78 is 20.9. The average molecular weight is 382 g/mol. The second-order valence-corrected chi connectivity index (χ2v) is 6.91. The number of methoxy groups -OCH3 is 1. The highest BCUT2D eigenvalue weighted by Gasteiger charge is 2.15. The van der Waals surface area contributed by atoms with Crippen molar-refractivity contribution in [2.75, 3.05) is 26.8 Å². The summed E-state index contributed by atoms with van der Waals surface area (Å²) in [7, 11) is 1.68. The van der Waals surface area contributed by atoms with Crippen LogP contribution in [0, 0.1) is 5.82 Å². The second kappa shape index (κ2) is 10.2. The predicted octanol–water partition coefficient (Wildman–Crippen LogP) is 3.86. The van der Waals surface area contributed by atoms with Gasteiger partial charge in [0.25, 0.3) is 0 Å². The normalized spacial score (nSPS) is 12.4. The highest BCUT2D eigenvalue weighted by atomic mass is 19.1. The van der Waals surface area contributed by atoms with Gasteiger partial charge in [-0.3, -0.25) is 4.90 Å². The lowest BCUT2D eigenvalue weighted by Crippen LogP contribution is -2.32. The van der Waals surface area contributed by atoms with Gasteiger partial charge in [0.1, 0.15) is 5.82 Å². The molecule has 0 aliphatic rings. The first kappa shape index (κ1) is 20.3. The maximum atomic E-state index is 13.5. The lowest BCUT2D eigenvalue weighted by atomic mass is 10.1. The van der Waals surface area contributed by atoms with E-state index in [0.717, 1.165) is 16.8 Å². The zero-order valence-corrected chi connectivity index (χ0v) is 16.2. The molecular weight excluding hydrogens is 355 g/mol. The molecule has 0 amide bonds. The van der Waals surface area contributed by atoms with E-state index in [0.29, 0.717) is 32.8 Å². The van der Waals surface area contributed by atoms with E-state index in [1.807, 2.05) is 48.7 Å². The largest absolute Gasteiger partial charge is 0.387 e. The molecule has 0 unspecified atom stereocenters. The van der Waals surface area contributed by atoms with Crippen LogP contribution in [-0.2, 0) is 17.8 Å². The third-order valence-corrected chi connectivity index (χ3v) is 4.78. The quantitative estimate of drug-likeness (QED) is 0.579. The van der Waals surface area contributed by atoms with Gasteiger partial charge in [-0.15, -0.1) is 0 Å². The van der Waals surface area contributed by atoms with Crippen molar-refractivity contribution in [1.82, 2.24) is 9.47 Å². The van der Waals surface area contributed by atoms with Gasteiger partial charge in [0, 0.05) is 45.2 Å². The van der Waals surface area contributed by atoms with Crippen molar-refractivity contribution in [1.29, 1.82) is 0 Å². The number of rotatable bonds is 10. The van der Waals surface area contributed by atoms with Gasteiger partial charge in [-0.05, 0) is 35.4 Å². The van der Waals surface area contributed by atoms with Crippen LogP contribution in [0.3, 0.4) is 0 Å². The molecule has 0 fully saturated rings. The Morgan fingerprint density at radius 3 is 2.64 bits per heavy atom. The molecule has 0 spiro atoms. The third kappa shape index (κ3) is 5.76. The molecule has 1 atom stereocenters. The highest BCUT2D eigenvalue weighted by molar-refractivity contribution is 5.20. The van der Waals surface area contributed by atoms with Crippen molar-refractivity contribution in [3.8, 4) is 0 Å². The van der Waals surface area contributed by atoms with Crippen LogP contribution in [0.25, 0.3) is 0 Å². The van der Waals surface area contributed by atoms with E-state index >= 15 is 0 Å². The molecular formula is C23H27FN2O2. The van der Waals surface area contributed by atoms with E-state index in [1.165, 1.54) is 6.07 Å². The van der Waals surface area contributed by atoms with E-state index in [9.17, 15) is 9.50 Å². The van der Waals surface area contributed by atoms with Gasteiger partial charge in [0.15, 0.2) is 0 Å². The highest BCUT2D eigenvalue weighted by Crippen LogP contribution is 2.17. The van der Waals surface area contributed by atoms with E-state index in [1.54, 1.807) is 19.2 Å². The fourth-order valence-corrected chi connectivity index (χ4v) is 3.29. The summed E-state index contributed by atoms with van der Waals surface area (Å²) in [5.41, 5.74) is 2.94. The van der Waals surface area contributed by atoms with Crippen molar-refractivity contribution in [3.63, 3.8) is 0 Å². The molecule has 5 heteroatoms. The molecule has 0 aliphatic heterocycles. The fraction of sp³-hybridized carbons (Fsp3) is 0.304. The van der Waals surface area contributed by atoms with Gasteiger partial charge in [0.2, 0.25) is 0 Å². The predicted molar refractivity (Wildman–Crippen MR) is 108 cm³/mol. The van der Waals surface area contributed by atoms with E-state index in [2.05, 4.69) is 15.5 Å². The molecule has 3 rings (SSSR count). The molecule has 0 radical (unpaired) electrons. The van der Waals surface area contributed by atoms with Crippen LogP contribution in [0.5, 0.6) is 0 Å². The van der Waals surface area contributed by atoms with Crippen molar-refractivity contribution < 1.29 is 14.2 Å². The molecule has 3 aromatic rings. The Morgan fingerprint density at radius 2 is 1.89 bits per heavy atom. The SMILES string of the molecule is COCCN(Cc1cccn1Cc1cccc(F)c1)C[C@@H](O)c1ccccc1. The Labute approximate surface area is 165 Å². The third-order valence-electron chi connectivity index (χ3n) is 4.78. The minimum Gasteiger partial charge on any atom is -0.387 e. The van der Waals surface area contributed by atoms with Gasteiger partial charge < -0.3 is 14.4 Å². The molecule has 1 N–H and O–H groups in total. The van der Waals surface area contributed by atoms with Crippen LogP contribution in [0.1, 0.15) is 22.9 Å². The maximum absolute atomic E-state index is 13.5. The van der Waals surface area contributed by atoms with Crippen LogP contribution in [0.2, 0.25) is 0 Å². The lowest BCUT2D eigenvalue weighted by Gasteiger charge is -2.25. The van der Waals surface area contributed by atoms with Gasteiger partial charge in [-0.25, -0.2) is 4.39 Å². The average Bonchev–Trinajstić information content (AvgIpc) is 3.13. The number of aromatic nitrogens is 1. The van der Waals surface area contributed by atoms with Gasteiger partial charge in [0.05, 0.1) is 12.7 Å². The van der Waals surface area contributed by atoms with Crippen molar-refractivity contribution >= 4 is 0 Å². The fourth-order valence-electron chi connectivity index (χ4n) is 3.29. The number of aliphatic hydroxyl groups is 1. The summed E-state index contributed by atoms with van der Waals surface area (Å²) in [5.74, 6) is -0.223. The van der Waals surface area contributed by atoms with Gasteiger partial charge in [-0.1, -0.05) is 42.5 Å². The summed E-state index contributed by atoms with van der Waals surface area (Å²) in [5, 5.41) is 10.6. The molecule has 2 aromatic carbocycles. The summed E-state index contributed by atoms with van der Waals surface area (Å²) >= 11 is 0. The van der Waals surface area contributed by atoms with Crippen LogP contribution >= 0.6 is 0 Å². The minimum atomic E-state index is -0.565. The topological polar surface area (TPSA) is 37.6 Å². The standard InChI is InChI=1S/C23H27FN2O2/c1-28-14-13-25(18-23(27)20-8-3-2-4-9-20)17-22-11-6-12-26(22)16-19-7-5-10-21(24)15-19/h2-12,15,23,27H,13-14,16-18H2,1H3/t23-/m1/s1. The molecule has 28 heavy (non-hydrogen) atoms. The Hall–Kier alpha value is -2.47. The Kier molecular flexibility index (Phi) is 7.37. The Balaban J connectivity index is 1.70. The van der Waals surface area contributed by atoms with Crippen LogP contribution in [-0.4, -0.2) is 41.4 Å². The first-order valence-electron chi connectivity index (χ1n) is 9.48.